The number of aromatic nitrogens is 2. The standard InChI is InChI=1S/C11H11N3.ClH/c1-9-12-8-7-11(13-9)14-10-5-3-2-4-6-10;/h2-8H,1H3,(H,12,13,14);1H. The Kier molecular flexibility index (Phi) is 4.06. The molecule has 4 heteroatoms. The number of benzene rings is 1. The van der Waals surface area contributed by atoms with Crippen LogP contribution in [0.3, 0.4) is 0 Å². The largest absolute Gasteiger partial charge is 0.340 e. The molecule has 1 heterocycles. The highest BCUT2D eigenvalue weighted by molar-refractivity contribution is 5.85. The van der Waals surface area contributed by atoms with E-state index in [1.807, 2.05) is 43.3 Å². The average Bonchev–Trinajstić information content (AvgIpc) is 2.19. The van der Waals surface area contributed by atoms with Crippen LogP contribution in [0.1, 0.15) is 5.82 Å². The third-order valence-electron chi connectivity index (χ3n) is 1.82. The molecule has 0 unspecified atom stereocenters. The SMILES string of the molecule is Cc1nccc(Nc2ccccc2)n1.Cl. The van der Waals surface area contributed by atoms with Crippen LogP contribution in [0, 0.1) is 6.92 Å². The second-order valence-corrected chi connectivity index (χ2v) is 2.98. The van der Waals surface area contributed by atoms with E-state index in [9.17, 15) is 0 Å². The van der Waals surface area contributed by atoms with Crippen LogP contribution in [0.2, 0.25) is 0 Å². The van der Waals surface area contributed by atoms with E-state index in [1.165, 1.54) is 0 Å². The summed E-state index contributed by atoms with van der Waals surface area (Å²) in [4.78, 5) is 8.28. The molecule has 2 rings (SSSR count). The summed E-state index contributed by atoms with van der Waals surface area (Å²) >= 11 is 0. The van der Waals surface area contributed by atoms with Gasteiger partial charge in [0, 0.05) is 11.9 Å². The summed E-state index contributed by atoms with van der Waals surface area (Å²) < 4.78 is 0. The highest BCUT2D eigenvalue weighted by atomic mass is 35.5. The molecule has 0 fully saturated rings. The first kappa shape index (κ1) is 11.5. The number of aryl methyl sites for hydroxylation is 1. The van der Waals surface area contributed by atoms with Crippen molar-refractivity contribution in [2.24, 2.45) is 0 Å². The number of rotatable bonds is 2. The third kappa shape index (κ3) is 3.22. The Morgan fingerprint density at radius 3 is 2.47 bits per heavy atom. The Morgan fingerprint density at radius 2 is 1.80 bits per heavy atom. The fourth-order valence-corrected chi connectivity index (χ4v) is 1.20. The quantitative estimate of drug-likeness (QED) is 0.848. The molecule has 78 valence electrons. The van der Waals surface area contributed by atoms with Gasteiger partial charge < -0.3 is 5.32 Å². The number of anilines is 2. The molecule has 0 aliphatic carbocycles. The molecule has 0 spiro atoms. The van der Waals surface area contributed by atoms with Crippen molar-refractivity contribution in [2.45, 2.75) is 6.92 Å². The maximum absolute atomic E-state index is 4.25. The lowest BCUT2D eigenvalue weighted by atomic mass is 10.3. The summed E-state index contributed by atoms with van der Waals surface area (Å²) in [5, 5.41) is 3.19. The van der Waals surface area contributed by atoms with Crippen molar-refractivity contribution in [1.82, 2.24) is 9.97 Å². The van der Waals surface area contributed by atoms with Crippen molar-refractivity contribution in [2.75, 3.05) is 5.32 Å². The van der Waals surface area contributed by atoms with Gasteiger partial charge in [-0.25, -0.2) is 9.97 Å². The fraction of sp³-hybridized carbons (Fsp3) is 0.0909. The molecule has 0 saturated heterocycles. The van der Waals surface area contributed by atoms with Crippen LogP contribution >= 0.6 is 12.4 Å². The van der Waals surface area contributed by atoms with E-state index in [-0.39, 0.29) is 12.4 Å². The topological polar surface area (TPSA) is 37.8 Å². The van der Waals surface area contributed by atoms with Gasteiger partial charge in [0.05, 0.1) is 0 Å². The van der Waals surface area contributed by atoms with E-state index in [1.54, 1.807) is 6.20 Å². The second kappa shape index (κ2) is 5.32. The first-order chi connectivity index (χ1) is 6.84. The molecule has 15 heavy (non-hydrogen) atoms. The molecule has 0 aliphatic heterocycles. The van der Waals surface area contributed by atoms with Gasteiger partial charge in [0.25, 0.3) is 0 Å². The number of hydrogen-bond donors (Lipinski definition) is 1. The highest BCUT2D eigenvalue weighted by Gasteiger charge is 1.94. The van der Waals surface area contributed by atoms with Crippen LogP contribution in [0.4, 0.5) is 11.5 Å². The molecule has 3 nitrogen and oxygen atoms in total. The molecular weight excluding hydrogens is 210 g/mol. The number of hydrogen-bond acceptors (Lipinski definition) is 3. The average molecular weight is 222 g/mol. The molecule has 0 atom stereocenters. The van der Waals surface area contributed by atoms with Crippen LogP contribution in [-0.2, 0) is 0 Å². The number of nitrogens with one attached hydrogen (secondary N) is 1. The maximum atomic E-state index is 4.25. The van der Waals surface area contributed by atoms with Gasteiger partial charge in [-0.05, 0) is 25.1 Å². The van der Waals surface area contributed by atoms with Gasteiger partial charge in [0.15, 0.2) is 0 Å². The number of halogens is 1. The molecule has 0 amide bonds. The summed E-state index contributed by atoms with van der Waals surface area (Å²) in [7, 11) is 0. The first-order valence-electron chi connectivity index (χ1n) is 4.46. The lowest BCUT2D eigenvalue weighted by Crippen LogP contribution is -1.95. The molecule has 0 saturated carbocycles. The molecule has 1 aromatic carbocycles. The summed E-state index contributed by atoms with van der Waals surface area (Å²) in [5.74, 6) is 1.59. The first-order valence-corrected chi connectivity index (χ1v) is 4.46. The minimum atomic E-state index is 0. The molecule has 2 aromatic rings. The fourth-order valence-electron chi connectivity index (χ4n) is 1.20. The van der Waals surface area contributed by atoms with Crippen molar-refractivity contribution in [1.29, 1.82) is 0 Å². The smallest absolute Gasteiger partial charge is 0.134 e. The van der Waals surface area contributed by atoms with Crippen LogP contribution in [-0.4, -0.2) is 9.97 Å². The molecular formula is C11H12ClN3. The van der Waals surface area contributed by atoms with Crippen molar-refractivity contribution in [3.05, 3.63) is 48.4 Å². The van der Waals surface area contributed by atoms with Gasteiger partial charge in [0.1, 0.15) is 11.6 Å². The van der Waals surface area contributed by atoms with Crippen LogP contribution in [0.15, 0.2) is 42.6 Å². The minimum absolute atomic E-state index is 0. The van der Waals surface area contributed by atoms with Gasteiger partial charge >= 0.3 is 0 Å². The zero-order chi connectivity index (χ0) is 9.80. The van der Waals surface area contributed by atoms with E-state index in [2.05, 4.69) is 15.3 Å². The summed E-state index contributed by atoms with van der Waals surface area (Å²) in [6, 6.07) is 11.8. The Bertz CT molecular complexity index is 417. The minimum Gasteiger partial charge on any atom is -0.340 e. The molecule has 0 aliphatic rings. The van der Waals surface area contributed by atoms with Crippen LogP contribution in [0.5, 0.6) is 0 Å². The Balaban J connectivity index is 0.00000112. The van der Waals surface area contributed by atoms with Crippen LogP contribution < -0.4 is 5.32 Å². The van der Waals surface area contributed by atoms with Gasteiger partial charge in [0.2, 0.25) is 0 Å². The second-order valence-electron chi connectivity index (χ2n) is 2.98. The lowest BCUT2D eigenvalue weighted by Gasteiger charge is -2.04. The van der Waals surface area contributed by atoms with Crippen molar-refractivity contribution in [3.63, 3.8) is 0 Å². The predicted octanol–water partition coefficient (Wildman–Crippen LogP) is 2.95. The molecule has 0 radical (unpaired) electrons. The van der Waals surface area contributed by atoms with Crippen molar-refractivity contribution < 1.29 is 0 Å². The van der Waals surface area contributed by atoms with E-state index < -0.39 is 0 Å². The molecule has 1 aromatic heterocycles. The molecule has 0 bridgehead atoms. The summed E-state index contributed by atoms with van der Waals surface area (Å²) in [5.41, 5.74) is 1.03. The summed E-state index contributed by atoms with van der Waals surface area (Å²) in [6.07, 6.45) is 1.74. The third-order valence-corrected chi connectivity index (χ3v) is 1.82. The highest BCUT2D eigenvalue weighted by Crippen LogP contribution is 2.12. The number of para-hydroxylation sites is 1. The van der Waals surface area contributed by atoms with E-state index >= 15 is 0 Å². The normalized spacial score (nSPS) is 9.13. The van der Waals surface area contributed by atoms with Crippen LogP contribution in [0.25, 0.3) is 0 Å². The summed E-state index contributed by atoms with van der Waals surface area (Å²) in [6.45, 7) is 1.87. The Labute approximate surface area is 95.0 Å². The van der Waals surface area contributed by atoms with Gasteiger partial charge in [-0.1, -0.05) is 18.2 Å². The zero-order valence-corrected chi connectivity index (χ0v) is 9.16. The van der Waals surface area contributed by atoms with Gasteiger partial charge in [-0.2, -0.15) is 0 Å². The Morgan fingerprint density at radius 1 is 1.07 bits per heavy atom. The number of nitrogens with zero attached hydrogens (tertiary/aromatic N) is 2. The zero-order valence-electron chi connectivity index (χ0n) is 8.34. The van der Waals surface area contributed by atoms with Gasteiger partial charge in [-0.3, -0.25) is 0 Å². The van der Waals surface area contributed by atoms with Gasteiger partial charge in [-0.15, -0.1) is 12.4 Å². The molecule has 1 N–H and O–H groups in total. The predicted molar refractivity (Wildman–Crippen MR) is 63.7 cm³/mol. The van der Waals surface area contributed by atoms with E-state index in [0.29, 0.717) is 0 Å². The van der Waals surface area contributed by atoms with Crippen molar-refractivity contribution in [3.8, 4) is 0 Å². The van der Waals surface area contributed by atoms with E-state index in [4.69, 9.17) is 0 Å². The van der Waals surface area contributed by atoms with E-state index in [0.717, 1.165) is 17.3 Å². The monoisotopic (exact) mass is 221 g/mol. The van der Waals surface area contributed by atoms with Crippen molar-refractivity contribution >= 4 is 23.9 Å². The Hall–Kier alpha value is -1.61. The lowest BCUT2D eigenvalue weighted by molar-refractivity contribution is 1.06. The maximum Gasteiger partial charge on any atom is 0.134 e.